The molecule has 1 atom stereocenters. The van der Waals surface area contributed by atoms with E-state index in [9.17, 15) is 44.7 Å². The van der Waals surface area contributed by atoms with E-state index in [0.717, 1.165) is 13.1 Å². The highest BCUT2D eigenvalue weighted by molar-refractivity contribution is 6.12. The number of rotatable bonds is 6. The third-order valence-electron chi connectivity index (χ3n) is 2.61. The topological polar surface area (TPSA) is 37.4 Å². The van der Waals surface area contributed by atoms with Gasteiger partial charge in [0.15, 0.2) is 0 Å². The van der Waals surface area contributed by atoms with E-state index < -0.39 is 41.9 Å². The maximum Gasteiger partial charge on any atom is 0.460 e. The van der Waals surface area contributed by atoms with Gasteiger partial charge in [0.1, 0.15) is 0 Å². The Morgan fingerprint density at radius 2 is 1.45 bits per heavy atom. The van der Waals surface area contributed by atoms with Crippen LogP contribution in [0, 0.1) is 0 Å². The molecule has 0 aliphatic rings. The Morgan fingerprint density at radius 1 is 1.05 bits per heavy atom. The van der Waals surface area contributed by atoms with Gasteiger partial charge < -0.3 is 4.90 Å². The third-order valence-corrected chi connectivity index (χ3v) is 2.61. The van der Waals surface area contributed by atoms with Crippen LogP contribution in [0.15, 0.2) is 12.7 Å². The van der Waals surface area contributed by atoms with Crippen LogP contribution in [-0.2, 0) is 9.59 Å². The number of hydrogen-bond acceptors (Lipinski definition) is 2. The van der Waals surface area contributed by atoms with Gasteiger partial charge in [-0.1, -0.05) is 6.08 Å². The minimum Gasteiger partial charge on any atom is -0.339 e. The van der Waals surface area contributed by atoms with Gasteiger partial charge in [-0.25, -0.2) is 4.39 Å². The Bertz CT molecular complexity index is 469. The van der Waals surface area contributed by atoms with Gasteiger partial charge in [0.2, 0.25) is 5.67 Å². The van der Waals surface area contributed by atoms with Crippen molar-refractivity contribution in [1.29, 1.82) is 0 Å². The Hall–Kier alpha value is -1.68. The lowest BCUT2D eigenvalue weighted by molar-refractivity contribution is -0.344. The van der Waals surface area contributed by atoms with Gasteiger partial charge in [-0.15, -0.1) is 6.58 Å². The smallest absolute Gasteiger partial charge is 0.339 e. The summed E-state index contributed by atoms with van der Waals surface area (Å²) in [5.74, 6) is -18.8. The molecule has 0 fully saturated rings. The number of Topliss-reactive ketones (excluding diaryl/α,β-unsaturated/α-hetero) is 1. The summed E-state index contributed by atoms with van der Waals surface area (Å²) >= 11 is 0. The van der Waals surface area contributed by atoms with E-state index in [1.807, 2.05) is 0 Å². The zero-order valence-corrected chi connectivity index (χ0v) is 11.3. The molecule has 0 heterocycles. The monoisotopic (exact) mass is 341 g/mol. The molecule has 11 heteroatoms. The van der Waals surface area contributed by atoms with Crippen molar-refractivity contribution in [3.63, 3.8) is 0 Å². The molecule has 0 aliphatic heterocycles. The second kappa shape index (κ2) is 5.84. The third kappa shape index (κ3) is 3.22. The Labute approximate surface area is 119 Å². The van der Waals surface area contributed by atoms with Gasteiger partial charge >= 0.3 is 18.0 Å². The highest BCUT2D eigenvalue weighted by Crippen LogP contribution is 2.48. The number of carbonyl (C=O) groups excluding carboxylic acids is 2. The van der Waals surface area contributed by atoms with Crippen LogP contribution in [-0.4, -0.2) is 53.9 Å². The average Bonchev–Trinajstić information content (AvgIpc) is 2.35. The lowest BCUT2D eigenvalue weighted by Gasteiger charge is -2.31. The summed E-state index contributed by atoms with van der Waals surface area (Å²) in [6.45, 7) is 2.55. The zero-order valence-electron chi connectivity index (χ0n) is 11.3. The number of hydrogen-bond donors (Lipinski definition) is 0. The fraction of sp³-hybridized carbons (Fsp3) is 0.636. The van der Waals surface area contributed by atoms with Gasteiger partial charge in [-0.2, -0.15) is 30.7 Å². The molecule has 3 nitrogen and oxygen atoms in total. The van der Waals surface area contributed by atoms with Crippen LogP contribution in [0.1, 0.15) is 6.92 Å². The van der Waals surface area contributed by atoms with Gasteiger partial charge in [0, 0.05) is 13.6 Å². The minimum absolute atomic E-state index is 0.113. The van der Waals surface area contributed by atoms with Crippen molar-refractivity contribution in [2.75, 3.05) is 13.6 Å². The summed E-state index contributed by atoms with van der Waals surface area (Å²) in [6, 6.07) is 0. The van der Waals surface area contributed by atoms with Crippen LogP contribution in [0.25, 0.3) is 0 Å². The first-order valence-corrected chi connectivity index (χ1v) is 5.47. The van der Waals surface area contributed by atoms with Crippen molar-refractivity contribution in [2.45, 2.75) is 30.6 Å². The van der Waals surface area contributed by atoms with Gasteiger partial charge in [-0.05, 0) is 6.92 Å². The number of halogens is 8. The summed E-state index contributed by atoms with van der Waals surface area (Å²) in [4.78, 5) is 22.9. The van der Waals surface area contributed by atoms with Crippen molar-refractivity contribution in [2.24, 2.45) is 0 Å². The highest BCUT2D eigenvalue weighted by atomic mass is 19.4. The standard InChI is InChI=1S/C11H11F8NO2/c1-4-5-20(3)7(22)8(2,12)6(21)9(13,14)10(15,16)11(17,18)19/h4H,1,5H2,2-3H3. The van der Waals surface area contributed by atoms with Crippen LogP contribution >= 0.6 is 0 Å². The number of likely N-dealkylation sites (N-methyl/N-ethyl adjacent to an activating group) is 1. The van der Waals surface area contributed by atoms with Crippen LogP contribution in [0.3, 0.4) is 0 Å². The number of ketones is 1. The van der Waals surface area contributed by atoms with Crippen molar-refractivity contribution >= 4 is 11.7 Å². The molecule has 1 amide bonds. The number of amides is 1. The Balaban J connectivity index is 5.74. The molecule has 0 rings (SSSR count). The van der Waals surface area contributed by atoms with E-state index in [1.165, 1.54) is 0 Å². The fourth-order valence-electron chi connectivity index (χ4n) is 1.35. The van der Waals surface area contributed by atoms with Crippen molar-refractivity contribution in [3.05, 3.63) is 12.7 Å². The van der Waals surface area contributed by atoms with Crippen LogP contribution in [0.2, 0.25) is 0 Å². The summed E-state index contributed by atoms with van der Waals surface area (Å²) in [6.07, 6.45) is -5.82. The Kier molecular flexibility index (Phi) is 5.39. The van der Waals surface area contributed by atoms with Gasteiger partial charge in [0.05, 0.1) is 0 Å². The molecule has 0 N–H and O–H groups in total. The number of carbonyl (C=O) groups is 2. The first-order valence-electron chi connectivity index (χ1n) is 5.47. The average molecular weight is 341 g/mol. The lowest BCUT2D eigenvalue weighted by atomic mass is 9.92. The van der Waals surface area contributed by atoms with Crippen molar-refractivity contribution in [3.8, 4) is 0 Å². The molecular formula is C11H11F8NO2. The summed E-state index contributed by atoms with van der Waals surface area (Å²) < 4.78 is 101. The van der Waals surface area contributed by atoms with Crippen LogP contribution < -0.4 is 0 Å². The molecule has 22 heavy (non-hydrogen) atoms. The minimum atomic E-state index is -6.83. The molecule has 0 saturated carbocycles. The molecule has 128 valence electrons. The summed E-state index contributed by atoms with van der Waals surface area (Å²) in [5, 5.41) is 0. The van der Waals surface area contributed by atoms with E-state index in [-0.39, 0.29) is 6.92 Å². The quantitative estimate of drug-likeness (QED) is 0.423. The zero-order chi connectivity index (χ0) is 18.1. The normalized spacial score (nSPS) is 15.9. The van der Waals surface area contributed by atoms with Crippen molar-refractivity contribution < 1.29 is 44.7 Å². The van der Waals surface area contributed by atoms with E-state index in [2.05, 4.69) is 6.58 Å². The van der Waals surface area contributed by atoms with Crippen LogP contribution in [0.4, 0.5) is 35.1 Å². The van der Waals surface area contributed by atoms with Crippen molar-refractivity contribution in [1.82, 2.24) is 4.90 Å². The SMILES string of the molecule is C=CCN(C)C(=O)C(C)(F)C(=O)C(F)(F)C(F)(F)C(F)(F)F. The van der Waals surface area contributed by atoms with E-state index in [0.29, 0.717) is 4.90 Å². The van der Waals surface area contributed by atoms with Gasteiger partial charge in [0.25, 0.3) is 11.7 Å². The first-order chi connectivity index (χ1) is 9.55. The predicted molar refractivity (Wildman–Crippen MR) is 58.3 cm³/mol. The molecule has 0 aromatic carbocycles. The predicted octanol–water partition coefficient (Wildman–Crippen LogP) is 2.76. The molecule has 0 aliphatic carbocycles. The highest BCUT2D eigenvalue weighted by Gasteiger charge is 2.78. The largest absolute Gasteiger partial charge is 0.460 e. The van der Waals surface area contributed by atoms with E-state index in [4.69, 9.17) is 0 Å². The molecule has 0 saturated heterocycles. The summed E-state index contributed by atoms with van der Waals surface area (Å²) in [7, 11) is 0.815. The molecular weight excluding hydrogens is 330 g/mol. The van der Waals surface area contributed by atoms with Crippen LogP contribution in [0.5, 0.6) is 0 Å². The lowest BCUT2D eigenvalue weighted by Crippen LogP contribution is -2.63. The van der Waals surface area contributed by atoms with E-state index >= 15 is 0 Å². The number of alkyl halides is 8. The summed E-state index contributed by atoms with van der Waals surface area (Å²) in [5.41, 5.74) is -4.28. The first kappa shape index (κ1) is 20.3. The second-order valence-corrected chi connectivity index (χ2v) is 4.45. The fourth-order valence-corrected chi connectivity index (χ4v) is 1.35. The van der Waals surface area contributed by atoms with E-state index in [1.54, 1.807) is 0 Å². The maximum absolute atomic E-state index is 13.9. The molecule has 0 bridgehead atoms. The molecule has 0 aromatic heterocycles. The van der Waals surface area contributed by atoms with Gasteiger partial charge in [-0.3, -0.25) is 9.59 Å². The second-order valence-electron chi connectivity index (χ2n) is 4.45. The maximum atomic E-state index is 13.9. The number of nitrogens with zero attached hydrogens (tertiary/aromatic N) is 1. The Morgan fingerprint density at radius 3 is 1.77 bits per heavy atom. The molecule has 0 aromatic rings. The molecule has 1 unspecified atom stereocenters. The molecule has 0 radical (unpaired) electrons. The molecule has 0 spiro atoms.